The van der Waals surface area contributed by atoms with Crippen molar-refractivity contribution < 1.29 is 47.3 Å². The van der Waals surface area contributed by atoms with E-state index in [0.29, 0.717) is 60.2 Å². The average molecular weight is 700 g/mol. The number of H-pyrrole nitrogens is 2. The van der Waals surface area contributed by atoms with Crippen molar-refractivity contribution in [2.45, 2.75) is 6.18 Å². The number of Topliss-reactive ketones (excluding diaryl/α,β-unsaturated/α-hetero) is 1. The minimum Gasteiger partial charge on any atom is -0.494 e. The molecule has 2 amide bonds. The molecular formula is C29H28F3N11O7. The van der Waals surface area contributed by atoms with Crippen LogP contribution in [0.3, 0.4) is 0 Å². The van der Waals surface area contributed by atoms with E-state index in [-0.39, 0.29) is 24.4 Å². The van der Waals surface area contributed by atoms with Crippen LogP contribution in [0.5, 0.6) is 5.75 Å². The zero-order valence-electron chi connectivity index (χ0n) is 26.0. The van der Waals surface area contributed by atoms with Gasteiger partial charge in [-0.1, -0.05) is 23.3 Å². The first kappa shape index (κ1) is 34.9. The molecule has 1 saturated heterocycles. The number of amides is 2. The van der Waals surface area contributed by atoms with E-state index in [2.05, 4.69) is 41.0 Å². The number of nitrogens with one attached hydrogen (secondary N) is 3. The number of alkyl halides is 3. The summed E-state index contributed by atoms with van der Waals surface area (Å²) in [5, 5.41) is 37.9. The summed E-state index contributed by atoms with van der Waals surface area (Å²) in [4.78, 5) is 59.0. The largest absolute Gasteiger partial charge is 0.494 e. The number of para-hydroxylation sites is 1. The highest BCUT2D eigenvalue weighted by Gasteiger charge is 2.38. The van der Waals surface area contributed by atoms with Crippen molar-refractivity contribution >= 4 is 40.4 Å². The summed E-state index contributed by atoms with van der Waals surface area (Å²) < 4.78 is 38.9. The summed E-state index contributed by atoms with van der Waals surface area (Å²) in [5.41, 5.74) is 2.22. The van der Waals surface area contributed by atoms with E-state index >= 15 is 0 Å². The number of aliphatic hydroxyl groups is 1. The van der Waals surface area contributed by atoms with Crippen LogP contribution in [0.4, 0.5) is 19.1 Å². The van der Waals surface area contributed by atoms with Crippen LogP contribution in [0, 0.1) is 0 Å². The highest BCUT2D eigenvalue weighted by Crippen LogP contribution is 2.34. The second-order valence-electron chi connectivity index (χ2n) is 10.4. The number of pyridine rings is 1. The van der Waals surface area contributed by atoms with Crippen molar-refractivity contribution in [3.63, 3.8) is 0 Å². The predicted molar refractivity (Wildman–Crippen MR) is 166 cm³/mol. The lowest BCUT2D eigenvalue weighted by atomic mass is 10.1. The number of aromatic amines is 2. The molecule has 0 spiro atoms. The van der Waals surface area contributed by atoms with Gasteiger partial charge >= 0.3 is 12.1 Å². The van der Waals surface area contributed by atoms with E-state index in [1.807, 2.05) is 35.2 Å². The number of ketones is 1. The van der Waals surface area contributed by atoms with Gasteiger partial charge in [0.15, 0.2) is 0 Å². The number of anilines is 1. The maximum atomic E-state index is 13.5. The van der Waals surface area contributed by atoms with Gasteiger partial charge in [-0.2, -0.15) is 23.0 Å². The van der Waals surface area contributed by atoms with Gasteiger partial charge in [-0.25, -0.2) is 9.78 Å². The minimum absolute atomic E-state index is 0.0932. The number of rotatable bonds is 9. The monoisotopic (exact) mass is 699 g/mol. The summed E-state index contributed by atoms with van der Waals surface area (Å²) >= 11 is 0. The number of piperazine rings is 1. The Morgan fingerprint density at radius 2 is 1.78 bits per heavy atom. The quantitative estimate of drug-likeness (QED) is 0.106. The zero-order valence-corrected chi connectivity index (χ0v) is 26.0. The molecule has 0 atom stereocenters. The summed E-state index contributed by atoms with van der Waals surface area (Å²) in [7, 11) is 1.44. The number of fused-ring (bicyclic) bond motifs is 1. The van der Waals surface area contributed by atoms with Gasteiger partial charge in [-0.3, -0.25) is 19.5 Å². The Bertz CT molecular complexity index is 2000. The van der Waals surface area contributed by atoms with Crippen molar-refractivity contribution in [3.05, 3.63) is 60.0 Å². The van der Waals surface area contributed by atoms with Crippen LogP contribution >= 0.6 is 0 Å². The molecular weight excluding hydrogens is 671 g/mol. The Morgan fingerprint density at radius 3 is 2.42 bits per heavy atom. The van der Waals surface area contributed by atoms with Gasteiger partial charge in [-0.15, -0.1) is 0 Å². The number of aliphatic carboxylic acids is 1. The first-order valence-corrected chi connectivity index (χ1v) is 14.7. The van der Waals surface area contributed by atoms with Crippen molar-refractivity contribution in [1.82, 2.24) is 50.6 Å². The van der Waals surface area contributed by atoms with Gasteiger partial charge in [0, 0.05) is 38.9 Å². The fourth-order valence-electron chi connectivity index (χ4n) is 4.95. The molecule has 18 nitrogen and oxygen atoms in total. The van der Waals surface area contributed by atoms with Gasteiger partial charge in [-0.05, 0) is 28.6 Å². The number of methoxy groups -OCH3 is 1. The third-order valence-corrected chi connectivity index (χ3v) is 7.34. The summed E-state index contributed by atoms with van der Waals surface area (Å²) in [6.45, 7) is 1.36. The number of carbonyl (C=O) groups excluding carboxylic acids is 3. The Morgan fingerprint density at radius 1 is 1.08 bits per heavy atom. The number of carbonyl (C=O) groups is 4. The number of benzene rings is 1. The smallest absolute Gasteiger partial charge is 0.490 e. The lowest BCUT2D eigenvalue weighted by molar-refractivity contribution is -0.192. The molecule has 0 saturated carbocycles. The van der Waals surface area contributed by atoms with Crippen LogP contribution in [-0.2, 0) is 9.59 Å². The number of halogens is 3. The van der Waals surface area contributed by atoms with Gasteiger partial charge in [0.05, 0.1) is 42.1 Å². The van der Waals surface area contributed by atoms with E-state index in [1.165, 1.54) is 30.5 Å². The number of hydrogen-bond acceptors (Lipinski definition) is 12. The predicted octanol–water partition coefficient (Wildman–Crippen LogP) is 0.824. The molecule has 0 radical (unpaired) electrons. The molecule has 5 aromatic rings. The van der Waals surface area contributed by atoms with Crippen LogP contribution < -0.4 is 15.0 Å². The van der Waals surface area contributed by atoms with Gasteiger partial charge in [0.25, 0.3) is 17.6 Å². The molecule has 50 heavy (non-hydrogen) atoms. The van der Waals surface area contributed by atoms with Crippen LogP contribution in [0.15, 0.2) is 48.8 Å². The Labute approximate surface area is 278 Å². The first-order valence-electron chi connectivity index (χ1n) is 14.7. The minimum atomic E-state index is -5.08. The number of tetrazole rings is 1. The Hall–Kier alpha value is -6.38. The lowest BCUT2D eigenvalue weighted by Gasteiger charge is -2.34. The molecule has 21 heteroatoms. The van der Waals surface area contributed by atoms with Crippen LogP contribution in [0.1, 0.15) is 20.8 Å². The molecule has 1 aliphatic rings. The molecule has 1 fully saturated rings. The summed E-state index contributed by atoms with van der Waals surface area (Å²) in [6.07, 6.45) is -2.20. The number of carboxylic acids is 1. The molecule has 0 aliphatic carbocycles. The molecule has 5 heterocycles. The topological polar surface area (TPSA) is 237 Å². The third-order valence-electron chi connectivity index (χ3n) is 7.34. The zero-order chi connectivity index (χ0) is 36.0. The van der Waals surface area contributed by atoms with E-state index in [0.717, 1.165) is 5.69 Å². The Kier molecular flexibility index (Phi) is 10.3. The summed E-state index contributed by atoms with van der Waals surface area (Å²) in [6, 6.07) is 11.0. The second-order valence-corrected chi connectivity index (χ2v) is 10.4. The second kappa shape index (κ2) is 14.8. The van der Waals surface area contributed by atoms with Gasteiger partial charge in [0.1, 0.15) is 22.8 Å². The van der Waals surface area contributed by atoms with Gasteiger partial charge in [0.2, 0.25) is 5.95 Å². The summed E-state index contributed by atoms with van der Waals surface area (Å²) in [5.74, 6) is -3.69. The number of aromatic nitrogens is 8. The lowest BCUT2D eigenvalue weighted by Crippen LogP contribution is -2.51. The number of hydrogen-bond donors (Lipinski definition) is 5. The first-order chi connectivity index (χ1) is 23.9. The molecule has 262 valence electrons. The molecule has 0 bridgehead atoms. The molecule has 5 N–H and O–H groups in total. The molecule has 1 aliphatic heterocycles. The number of carboxylic acid groups (broad SMARTS) is 1. The number of nitrogens with zero attached hydrogens (tertiary/aromatic N) is 8. The maximum absolute atomic E-state index is 13.5. The van der Waals surface area contributed by atoms with Crippen molar-refractivity contribution in [2.24, 2.45) is 0 Å². The highest BCUT2D eigenvalue weighted by atomic mass is 19.4. The van der Waals surface area contributed by atoms with E-state index in [9.17, 15) is 27.6 Å². The normalized spacial score (nSPS) is 13.1. The molecule has 6 rings (SSSR count). The van der Waals surface area contributed by atoms with E-state index < -0.39 is 29.7 Å². The number of aliphatic hydroxyl groups excluding tert-OH is 1. The van der Waals surface area contributed by atoms with Crippen molar-refractivity contribution in [1.29, 1.82) is 0 Å². The van der Waals surface area contributed by atoms with Crippen molar-refractivity contribution in [3.8, 4) is 22.8 Å². The van der Waals surface area contributed by atoms with E-state index in [1.54, 1.807) is 4.68 Å². The van der Waals surface area contributed by atoms with E-state index in [4.69, 9.17) is 19.7 Å². The Balaban J connectivity index is 0.000000630. The SMILES string of the molecule is COc1cnc(-c2cc(C(=O)NCCO)[nH]n2)c2[nH]cc(C(=O)C(=O)N3CCN(c4nnnn4-c4ccccc4)CC3)c12.O=C(O)C(F)(F)F. The fourth-order valence-corrected chi connectivity index (χ4v) is 4.95. The standard InChI is InChI=1S/C27H27N11O5.C2HF3O2/c1-43-20-15-30-22(18-13-19(32-31-18)25(41)28-7-12-39)23-21(20)17(14-29-23)24(40)26(42)36-8-10-37(11-9-36)27-33-34-35-38(27)16-5-3-2-4-6-16;3-2(4,5)1(6)7/h2-6,13-15,29,39H,7-12H2,1H3,(H,28,41)(H,31,32);(H,6,7). The molecule has 4 aromatic heterocycles. The fraction of sp³-hybridized carbons (Fsp3) is 0.276. The van der Waals surface area contributed by atoms with Crippen LogP contribution in [0.2, 0.25) is 0 Å². The third kappa shape index (κ3) is 7.36. The molecule has 0 unspecified atom stereocenters. The highest BCUT2D eigenvalue weighted by molar-refractivity contribution is 6.45. The van der Waals surface area contributed by atoms with Crippen LogP contribution in [0.25, 0.3) is 28.0 Å². The molecule has 1 aromatic carbocycles. The van der Waals surface area contributed by atoms with Gasteiger partial charge < -0.3 is 35.1 Å². The van der Waals surface area contributed by atoms with Crippen LogP contribution in [-0.4, -0.2) is 132 Å². The average Bonchev–Trinajstić information content (AvgIpc) is 3.91. The van der Waals surface area contributed by atoms with Crippen molar-refractivity contribution in [2.75, 3.05) is 51.3 Å². The number of ether oxygens (including phenoxy) is 1. The maximum Gasteiger partial charge on any atom is 0.490 e.